The van der Waals surface area contributed by atoms with Crippen molar-refractivity contribution < 1.29 is 9.90 Å². The molecule has 1 N–H and O–H groups in total. The lowest BCUT2D eigenvalue weighted by molar-refractivity contribution is -0.111. The number of carbonyl (C=O) groups is 1. The molecule has 0 unspecified atom stereocenters. The summed E-state index contributed by atoms with van der Waals surface area (Å²) in [7, 11) is 0. The number of carbonyl (C=O) groups excluding carboxylic acids is 1. The maximum atomic E-state index is 13.6. The fraction of sp³-hybridized carbons (Fsp3) is 0.469. The monoisotopic (exact) mass is 508 g/mol. The fourth-order valence-corrected chi connectivity index (χ4v) is 6.80. The highest BCUT2D eigenvalue weighted by molar-refractivity contribution is 6.05. The number of benzene rings is 2. The van der Waals surface area contributed by atoms with Crippen LogP contribution in [-0.4, -0.2) is 44.6 Å². The quantitative estimate of drug-likeness (QED) is 0.495. The molecule has 6 nitrogen and oxygen atoms in total. The van der Waals surface area contributed by atoms with Gasteiger partial charge in [-0.25, -0.2) is 0 Å². The lowest BCUT2D eigenvalue weighted by atomic mass is 9.76. The van der Waals surface area contributed by atoms with Crippen LogP contribution in [0, 0.1) is 11.3 Å². The number of amides is 1. The number of nitriles is 1. The summed E-state index contributed by atoms with van der Waals surface area (Å²) in [6.07, 6.45) is 6.69. The molecule has 1 saturated carbocycles. The summed E-state index contributed by atoms with van der Waals surface area (Å²) in [5.41, 5.74) is 3.26. The molecule has 3 heterocycles. The standard InChI is InChI=1S/C32H36N4O2/c1-2-24-9-8-12-29(34-24)31(22-33)15-17-35(18-16-31)20-23-19-27-28(26-11-5-4-10-25(23)26)21-36(30(27)37)32(38)13-6-3-7-14-32/h4-5,8-12,19,38H,2-3,6-7,13-18,20-21H2,1H3. The smallest absolute Gasteiger partial charge is 0.256 e. The van der Waals surface area contributed by atoms with Gasteiger partial charge in [0.1, 0.15) is 11.1 Å². The number of likely N-dealkylation sites (tertiary alicyclic amines) is 1. The second kappa shape index (κ2) is 9.80. The van der Waals surface area contributed by atoms with E-state index < -0.39 is 11.1 Å². The van der Waals surface area contributed by atoms with E-state index in [0.29, 0.717) is 19.4 Å². The molecule has 0 bridgehead atoms. The van der Waals surface area contributed by atoms with Crippen molar-refractivity contribution in [2.24, 2.45) is 0 Å². The molecule has 3 aliphatic rings. The molecular weight excluding hydrogens is 472 g/mol. The van der Waals surface area contributed by atoms with Gasteiger partial charge < -0.3 is 10.0 Å². The number of fused-ring (bicyclic) bond motifs is 3. The van der Waals surface area contributed by atoms with Gasteiger partial charge in [-0.05, 0) is 85.0 Å². The van der Waals surface area contributed by atoms with E-state index in [4.69, 9.17) is 4.98 Å². The third-order valence-corrected chi connectivity index (χ3v) is 9.17. The SMILES string of the molecule is CCc1cccc(C2(C#N)CCN(Cc3cc4c(c5ccccc35)CN(C3(O)CCCCC3)C4=O)CC2)n1. The van der Waals surface area contributed by atoms with Crippen molar-refractivity contribution >= 4 is 16.7 Å². The van der Waals surface area contributed by atoms with Crippen molar-refractivity contribution in [2.75, 3.05) is 13.1 Å². The van der Waals surface area contributed by atoms with Gasteiger partial charge in [0.2, 0.25) is 0 Å². The summed E-state index contributed by atoms with van der Waals surface area (Å²) in [6, 6.07) is 19.1. The minimum Gasteiger partial charge on any atom is -0.371 e. The van der Waals surface area contributed by atoms with Crippen molar-refractivity contribution in [1.29, 1.82) is 5.26 Å². The van der Waals surface area contributed by atoms with Crippen LogP contribution in [0.15, 0.2) is 48.5 Å². The van der Waals surface area contributed by atoms with Crippen molar-refractivity contribution in [3.8, 4) is 6.07 Å². The lowest BCUT2D eigenvalue weighted by Gasteiger charge is -2.40. The minimum absolute atomic E-state index is 0.0413. The second-order valence-electron chi connectivity index (χ2n) is 11.4. The number of nitrogens with zero attached hydrogens (tertiary/aromatic N) is 4. The Labute approximate surface area is 224 Å². The van der Waals surface area contributed by atoms with Gasteiger partial charge >= 0.3 is 0 Å². The summed E-state index contributed by atoms with van der Waals surface area (Å²) < 4.78 is 0. The van der Waals surface area contributed by atoms with Gasteiger partial charge in [-0.1, -0.05) is 43.7 Å². The van der Waals surface area contributed by atoms with E-state index in [1.807, 2.05) is 24.3 Å². The van der Waals surface area contributed by atoms with Crippen LogP contribution >= 0.6 is 0 Å². The number of aliphatic hydroxyl groups is 1. The van der Waals surface area contributed by atoms with Crippen LogP contribution in [0.2, 0.25) is 0 Å². The van der Waals surface area contributed by atoms with Gasteiger partial charge in [0.25, 0.3) is 5.91 Å². The minimum atomic E-state index is -1.04. The largest absolute Gasteiger partial charge is 0.371 e. The first-order chi connectivity index (χ1) is 18.5. The normalized spacial score (nSPS) is 20.9. The van der Waals surface area contributed by atoms with Crippen LogP contribution in [-0.2, 0) is 24.9 Å². The van der Waals surface area contributed by atoms with Crippen LogP contribution < -0.4 is 0 Å². The molecule has 6 rings (SSSR count). The highest BCUT2D eigenvalue weighted by Crippen LogP contribution is 2.41. The Morgan fingerprint density at radius 1 is 1.00 bits per heavy atom. The van der Waals surface area contributed by atoms with Gasteiger partial charge in [-0.2, -0.15) is 5.26 Å². The molecule has 1 aliphatic carbocycles. The van der Waals surface area contributed by atoms with E-state index in [-0.39, 0.29) is 5.91 Å². The van der Waals surface area contributed by atoms with Crippen LogP contribution in [0.3, 0.4) is 0 Å². The number of hydrogen-bond donors (Lipinski definition) is 1. The second-order valence-corrected chi connectivity index (χ2v) is 11.4. The van der Waals surface area contributed by atoms with Crippen molar-refractivity contribution in [1.82, 2.24) is 14.8 Å². The van der Waals surface area contributed by atoms with Crippen LogP contribution in [0.1, 0.15) is 84.7 Å². The maximum Gasteiger partial charge on any atom is 0.256 e. The van der Waals surface area contributed by atoms with Gasteiger partial charge in [-0.15, -0.1) is 0 Å². The molecule has 38 heavy (non-hydrogen) atoms. The molecular formula is C32H36N4O2. The molecule has 3 aromatic rings. The highest BCUT2D eigenvalue weighted by atomic mass is 16.3. The predicted molar refractivity (Wildman–Crippen MR) is 147 cm³/mol. The Kier molecular flexibility index (Phi) is 6.45. The van der Waals surface area contributed by atoms with E-state index >= 15 is 0 Å². The van der Waals surface area contributed by atoms with E-state index in [1.54, 1.807) is 4.90 Å². The van der Waals surface area contributed by atoms with E-state index in [1.165, 1.54) is 5.39 Å². The number of pyridine rings is 1. The van der Waals surface area contributed by atoms with Crippen LogP contribution in [0.4, 0.5) is 0 Å². The molecule has 1 amide bonds. The van der Waals surface area contributed by atoms with Gasteiger partial charge in [0.05, 0.1) is 18.3 Å². The topological polar surface area (TPSA) is 80.5 Å². The number of aromatic nitrogens is 1. The molecule has 6 heteroatoms. The molecule has 2 aliphatic heterocycles. The molecule has 0 spiro atoms. The zero-order valence-corrected chi connectivity index (χ0v) is 22.2. The van der Waals surface area contributed by atoms with Crippen molar-refractivity contribution in [3.05, 3.63) is 76.6 Å². The predicted octanol–water partition coefficient (Wildman–Crippen LogP) is 5.46. The zero-order valence-electron chi connectivity index (χ0n) is 22.2. The molecule has 2 aromatic carbocycles. The summed E-state index contributed by atoms with van der Waals surface area (Å²) in [5.74, 6) is -0.0413. The Bertz CT molecular complexity index is 1410. The van der Waals surface area contributed by atoms with Gasteiger partial charge in [0, 0.05) is 30.9 Å². The van der Waals surface area contributed by atoms with E-state index in [0.717, 1.165) is 91.6 Å². The lowest BCUT2D eigenvalue weighted by Crippen LogP contribution is -2.50. The summed E-state index contributed by atoms with van der Waals surface area (Å²) >= 11 is 0. The first-order valence-electron chi connectivity index (χ1n) is 14.1. The van der Waals surface area contributed by atoms with Crippen LogP contribution in [0.25, 0.3) is 10.8 Å². The Hall–Kier alpha value is -3.27. The molecule has 1 saturated heterocycles. The first-order valence-corrected chi connectivity index (χ1v) is 14.1. The summed E-state index contributed by atoms with van der Waals surface area (Å²) in [5, 5.41) is 23.9. The number of rotatable bonds is 5. The van der Waals surface area contributed by atoms with Crippen molar-refractivity contribution in [2.45, 2.75) is 82.5 Å². The number of piperidine rings is 1. The molecule has 1 aromatic heterocycles. The van der Waals surface area contributed by atoms with Crippen LogP contribution in [0.5, 0.6) is 0 Å². The Balaban J connectivity index is 1.26. The maximum absolute atomic E-state index is 13.6. The average Bonchev–Trinajstić information content (AvgIpc) is 3.31. The number of hydrogen-bond acceptors (Lipinski definition) is 5. The average molecular weight is 509 g/mol. The third-order valence-electron chi connectivity index (χ3n) is 9.17. The highest BCUT2D eigenvalue weighted by Gasteiger charge is 2.44. The third kappa shape index (κ3) is 4.19. The Morgan fingerprint density at radius 3 is 2.45 bits per heavy atom. The summed E-state index contributed by atoms with van der Waals surface area (Å²) in [6.45, 7) is 4.90. The van der Waals surface area contributed by atoms with Gasteiger partial charge in [-0.3, -0.25) is 14.7 Å². The molecule has 196 valence electrons. The summed E-state index contributed by atoms with van der Waals surface area (Å²) in [4.78, 5) is 22.6. The molecule has 2 fully saturated rings. The first kappa shape index (κ1) is 25.0. The fourth-order valence-electron chi connectivity index (χ4n) is 6.80. The van der Waals surface area contributed by atoms with E-state index in [2.05, 4.69) is 42.2 Å². The number of aryl methyl sites for hydroxylation is 1. The molecule has 0 atom stereocenters. The molecule has 0 radical (unpaired) electrons. The van der Waals surface area contributed by atoms with Crippen molar-refractivity contribution in [3.63, 3.8) is 0 Å². The zero-order chi connectivity index (χ0) is 26.3. The Morgan fingerprint density at radius 2 is 1.74 bits per heavy atom. The van der Waals surface area contributed by atoms with E-state index in [9.17, 15) is 15.2 Å². The van der Waals surface area contributed by atoms with Gasteiger partial charge in [0.15, 0.2) is 0 Å².